The van der Waals surface area contributed by atoms with E-state index in [4.69, 9.17) is 0 Å². The van der Waals surface area contributed by atoms with Gasteiger partial charge in [-0.2, -0.15) is 0 Å². The number of hydrogen-bond donors (Lipinski definition) is 0. The van der Waals surface area contributed by atoms with Crippen molar-refractivity contribution in [3.8, 4) is 0 Å². The van der Waals surface area contributed by atoms with Gasteiger partial charge < -0.3 is 0 Å². The molecule has 11 heavy (non-hydrogen) atoms. The van der Waals surface area contributed by atoms with Crippen molar-refractivity contribution in [2.45, 2.75) is 47.0 Å². The maximum absolute atomic E-state index is 2.44. The molecule has 0 aliphatic heterocycles. The van der Waals surface area contributed by atoms with Crippen LogP contribution in [0.5, 0.6) is 0 Å². The number of fused-ring (bicyclic) bond motifs is 1. The quantitative estimate of drug-likeness (QED) is 0.499. The molecule has 2 saturated carbocycles. The molecule has 2 aliphatic carbocycles. The largest absolute Gasteiger partial charge is 0.0776 e. The Hall–Kier alpha value is 0. The molecule has 0 saturated heterocycles. The van der Waals surface area contributed by atoms with Gasteiger partial charge in [-0.1, -0.05) is 34.1 Å². The van der Waals surface area contributed by atoms with Crippen LogP contribution in [0.1, 0.15) is 47.0 Å². The lowest BCUT2D eigenvalue weighted by Crippen LogP contribution is -2.45. The zero-order chi connectivity index (χ0) is 7.14. The second kappa shape index (κ2) is 3.16. The first kappa shape index (κ1) is 9.09. The lowest BCUT2D eigenvalue weighted by molar-refractivity contribution is -0.0305. The highest BCUT2D eigenvalue weighted by Crippen LogP contribution is 2.52. The maximum Gasteiger partial charge on any atom is -0.0355 e. The van der Waals surface area contributed by atoms with Crippen LogP contribution in [-0.2, 0) is 0 Å². The lowest BCUT2D eigenvalue weighted by Gasteiger charge is -2.52. The predicted molar refractivity (Wildman–Crippen MR) is 50.5 cm³/mol. The molecular formula is C11H22. The van der Waals surface area contributed by atoms with Crippen molar-refractivity contribution in [3.05, 3.63) is 0 Å². The Morgan fingerprint density at radius 2 is 1.18 bits per heavy atom. The molecule has 2 rings (SSSR count). The van der Waals surface area contributed by atoms with Crippen LogP contribution in [0.25, 0.3) is 0 Å². The van der Waals surface area contributed by atoms with Gasteiger partial charge in [0.25, 0.3) is 0 Å². The van der Waals surface area contributed by atoms with E-state index in [1.807, 2.05) is 0 Å². The standard InChI is InChI=1S/C10H18.CH4/c1-7-8(2)10-6-4-3-5-9(7)10;/h7-10H,3-6H2,1-2H3;1H4/t7?,8?,9-,10+;. The summed E-state index contributed by atoms with van der Waals surface area (Å²) >= 11 is 0. The van der Waals surface area contributed by atoms with Crippen LogP contribution >= 0.6 is 0 Å². The second-order valence-corrected chi connectivity index (χ2v) is 4.33. The molecule has 0 N–H and O–H groups in total. The van der Waals surface area contributed by atoms with Crippen molar-refractivity contribution in [3.63, 3.8) is 0 Å². The molecule has 66 valence electrons. The van der Waals surface area contributed by atoms with Gasteiger partial charge in [0.1, 0.15) is 0 Å². The molecule has 0 nitrogen and oxygen atoms in total. The fraction of sp³-hybridized carbons (Fsp3) is 1.00. The smallest absolute Gasteiger partial charge is 0.0355 e. The van der Waals surface area contributed by atoms with Crippen molar-refractivity contribution >= 4 is 0 Å². The van der Waals surface area contributed by atoms with Gasteiger partial charge in [-0.3, -0.25) is 0 Å². The Morgan fingerprint density at radius 1 is 0.818 bits per heavy atom. The Labute approximate surface area is 71.4 Å². The van der Waals surface area contributed by atoms with E-state index in [1.54, 1.807) is 0 Å². The van der Waals surface area contributed by atoms with Gasteiger partial charge in [0.2, 0.25) is 0 Å². The average Bonchev–Trinajstić information content (AvgIpc) is 2.03. The topological polar surface area (TPSA) is 0 Å². The Balaban J connectivity index is 0.000000605. The van der Waals surface area contributed by atoms with Crippen molar-refractivity contribution in [2.75, 3.05) is 0 Å². The van der Waals surface area contributed by atoms with Gasteiger partial charge in [-0.05, 0) is 36.5 Å². The van der Waals surface area contributed by atoms with E-state index < -0.39 is 0 Å². The summed E-state index contributed by atoms with van der Waals surface area (Å²) in [6, 6.07) is 0. The molecule has 0 spiro atoms. The zero-order valence-corrected chi connectivity index (χ0v) is 7.14. The molecule has 2 aliphatic rings. The number of rotatable bonds is 0. The van der Waals surface area contributed by atoms with Crippen LogP contribution in [0.15, 0.2) is 0 Å². The highest BCUT2D eigenvalue weighted by atomic mass is 14.5. The molecule has 0 radical (unpaired) electrons. The molecule has 2 unspecified atom stereocenters. The van der Waals surface area contributed by atoms with E-state index in [2.05, 4.69) is 13.8 Å². The first-order valence-electron chi connectivity index (χ1n) is 4.80. The van der Waals surface area contributed by atoms with Crippen molar-refractivity contribution in [1.29, 1.82) is 0 Å². The van der Waals surface area contributed by atoms with Gasteiger partial charge in [0.15, 0.2) is 0 Å². The van der Waals surface area contributed by atoms with E-state index in [0.29, 0.717) is 0 Å². The monoisotopic (exact) mass is 154 g/mol. The summed E-state index contributed by atoms with van der Waals surface area (Å²) in [4.78, 5) is 0. The van der Waals surface area contributed by atoms with E-state index in [-0.39, 0.29) is 7.43 Å². The van der Waals surface area contributed by atoms with E-state index >= 15 is 0 Å². The predicted octanol–water partition coefficient (Wildman–Crippen LogP) is 3.71. The van der Waals surface area contributed by atoms with Gasteiger partial charge in [-0.25, -0.2) is 0 Å². The molecule has 0 aromatic carbocycles. The lowest BCUT2D eigenvalue weighted by atomic mass is 9.53. The highest BCUT2D eigenvalue weighted by Gasteiger charge is 2.45. The molecule has 4 atom stereocenters. The molecule has 2 fully saturated rings. The number of hydrogen-bond acceptors (Lipinski definition) is 0. The Kier molecular flexibility index (Phi) is 2.61. The zero-order valence-electron chi connectivity index (χ0n) is 7.14. The summed E-state index contributed by atoms with van der Waals surface area (Å²) in [6.45, 7) is 4.88. The first-order chi connectivity index (χ1) is 4.80. The fourth-order valence-corrected chi connectivity index (χ4v) is 3.13. The third-order valence-corrected chi connectivity index (χ3v) is 4.05. The molecule has 0 heterocycles. The SMILES string of the molecule is C.CC1C(C)[C@@H]2CCCC[C@H]12. The Bertz CT molecular complexity index is 112. The van der Waals surface area contributed by atoms with Crippen LogP contribution in [0.4, 0.5) is 0 Å². The summed E-state index contributed by atoms with van der Waals surface area (Å²) in [5, 5.41) is 0. The summed E-state index contributed by atoms with van der Waals surface area (Å²) < 4.78 is 0. The van der Waals surface area contributed by atoms with Gasteiger partial charge >= 0.3 is 0 Å². The van der Waals surface area contributed by atoms with Crippen LogP contribution in [0.3, 0.4) is 0 Å². The van der Waals surface area contributed by atoms with Crippen LogP contribution in [0, 0.1) is 23.7 Å². The van der Waals surface area contributed by atoms with Crippen molar-refractivity contribution < 1.29 is 0 Å². The summed E-state index contributed by atoms with van der Waals surface area (Å²) in [7, 11) is 0. The third-order valence-electron chi connectivity index (χ3n) is 4.05. The van der Waals surface area contributed by atoms with Crippen molar-refractivity contribution in [2.24, 2.45) is 23.7 Å². The minimum Gasteiger partial charge on any atom is -0.0776 e. The molecule has 0 amide bonds. The summed E-state index contributed by atoms with van der Waals surface area (Å²) in [6.07, 6.45) is 6.10. The van der Waals surface area contributed by atoms with Gasteiger partial charge in [-0.15, -0.1) is 0 Å². The third kappa shape index (κ3) is 1.21. The summed E-state index contributed by atoms with van der Waals surface area (Å²) in [5.74, 6) is 4.35. The summed E-state index contributed by atoms with van der Waals surface area (Å²) in [5.41, 5.74) is 0. The van der Waals surface area contributed by atoms with Crippen LogP contribution in [0.2, 0.25) is 0 Å². The minimum atomic E-state index is 0. The molecule has 0 aromatic rings. The first-order valence-corrected chi connectivity index (χ1v) is 4.80. The Morgan fingerprint density at radius 3 is 1.55 bits per heavy atom. The minimum absolute atomic E-state index is 0. The van der Waals surface area contributed by atoms with E-state index in [9.17, 15) is 0 Å². The normalized spacial score (nSPS) is 48.5. The van der Waals surface area contributed by atoms with Crippen molar-refractivity contribution in [1.82, 2.24) is 0 Å². The van der Waals surface area contributed by atoms with E-state index in [0.717, 1.165) is 23.7 Å². The molecular weight excluding hydrogens is 132 g/mol. The highest BCUT2D eigenvalue weighted by molar-refractivity contribution is 4.94. The van der Waals surface area contributed by atoms with Gasteiger partial charge in [0, 0.05) is 0 Å². The fourth-order valence-electron chi connectivity index (χ4n) is 3.13. The molecule has 0 aromatic heterocycles. The average molecular weight is 154 g/mol. The van der Waals surface area contributed by atoms with Gasteiger partial charge in [0.05, 0.1) is 0 Å². The molecule has 0 bridgehead atoms. The van der Waals surface area contributed by atoms with E-state index in [1.165, 1.54) is 25.7 Å². The van der Waals surface area contributed by atoms with Crippen LogP contribution < -0.4 is 0 Å². The molecule has 0 heteroatoms. The maximum atomic E-state index is 2.44. The van der Waals surface area contributed by atoms with Crippen LogP contribution in [-0.4, -0.2) is 0 Å². The second-order valence-electron chi connectivity index (χ2n) is 4.33.